The third kappa shape index (κ3) is 0.429. The lowest BCUT2D eigenvalue weighted by Crippen LogP contribution is -1.67. The van der Waals surface area contributed by atoms with Crippen LogP contribution in [0.25, 0.3) is 0 Å². The van der Waals surface area contributed by atoms with Crippen LogP contribution in [-0.4, -0.2) is 0 Å². The molecule has 0 aromatic heterocycles. The maximum atomic E-state index is 4.40. The summed E-state index contributed by atoms with van der Waals surface area (Å²) < 4.78 is 0. The summed E-state index contributed by atoms with van der Waals surface area (Å²) in [7, 11) is 0. The van der Waals surface area contributed by atoms with Crippen molar-refractivity contribution in [2.45, 2.75) is 0 Å². The second-order valence-electron chi connectivity index (χ2n) is 0.672. The van der Waals surface area contributed by atoms with Gasteiger partial charge in [-0.2, -0.15) is 0 Å². The molecule has 0 aromatic rings. The molecule has 0 aliphatic carbocycles. The molecule has 0 spiro atoms. The number of hydrogen-bond acceptors (Lipinski definition) is 4. The SMILES string of the molecule is [S-]C1=[C+]N=NO1. The van der Waals surface area contributed by atoms with E-state index in [9.17, 15) is 0 Å². The Hall–Kier alpha value is -0.730. The molecule has 3 nitrogen and oxygen atoms in total. The van der Waals surface area contributed by atoms with Gasteiger partial charge in [0.15, 0.2) is 5.11 Å². The van der Waals surface area contributed by atoms with Gasteiger partial charge in [-0.05, 0) is 0 Å². The fourth-order valence-corrected chi connectivity index (χ4v) is 0.213. The van der Waals surface area contributed by atoms with E-state index < -0.39 is 0 Å². The van der Waals surface area contributed by atoms with Gasteiger partial charge in [-0.15, -0.1) is 0 Å². The highest BCUT2D eigenvalue weighted by Gasteiger charge is 2.02. The van der Waals surface area contributed by atoms with E-state index in [1.54, 1.807) is 0 Å². The molecular formula is C2N2OS. The topological polar surface area (TPSA) is 34.0 Å². The first-order valence-electron chi connectivity index (χ1n) is 1.26. The van der Waals surface area contributed by atoms with Crippen LogP contribution in [0.15, 0.2) is 15.5 Å². The lowest BCUT2D eigenvalue weighted by atomic mass is 11.0. The molecule has 6 heavy (non-hydrogen) atoms. The summed E-state index contributed by atoms with van der Waals surface area (Å²) in [6.07, 6.45) is 2.29. The van der Waals surface area contributed by atoms with Crippen LogP contribution in [0.2, 0.25) is 0 Å². The maximum Gasteiger partial charge on any atom is 0.446 e. The van der Waals surface area contributed by atoms with Crippen molar-refractivity contribution < 1.29 is 4.84 Å². The first-order chi connectivity index (χ1) is 2.89. The van der Waals surface area contributed by atoms with Crippen LogP contribution in [-0.2, 0) is 17.5 Å². The molecule has 1 aliphatic heterocycles. The summed E-state index contributed by atoms with van der Waals surface area (Å²) in [4.78, 5) is 4.23. The minimum absolute atomic E-state index is 0.204. The fourth-order valence-electron chi connectivity index (χ4n) is 0.139. The van der Waals surface area contributed by atoms with Crippen LogP contribution < -0.4 is 0 Å². The van der Waals surface area contributed by atoms with E-state index in [0.717, 1.165) is 0 Å². The van der Waals surface area contributed by atoms with Crippen LogP contribution in [0, 0.1) is 6.20 Å². The third-order valence-corrected chi connectivity index (χ3v) is 0.472. The Kier molecular flexibility index (Phi) is 0.670. The lowest BCUT2D eigenvalue weighted by molar-refractivity contribution is 0.250. The molecule has 0 amide bonds. The van der Waals surface area contributed by atoms with Crippen molar-refractivity contribution in [1.82, 2.24) is 0 Å². The zero-order valence-electron chi connectivity index (χ0n) is 2.71. The molecule has 0 unspecified atom stereocenters. The molecule has 0 atom stereocenters. The van der Waals surface area contributed by atoms with Gasteiger partial charge >= 0.3 is 6.20 Å². The van der Waals surface area contributed by atoms with Crippen molar-refractivity contribution in [2.24, 2.45) is 10.4 Å². The van der Waals surface area contributed by atoms with E-state index in [-0.39, 0.29) is 5.09 Å². The average molecular weight is 100 g/mol. The van der Waals surface area contributed by atoms with Gasteiger partial charge in [-0.25, -0.2) is 0 Å². The third-order valence-electron chi connectivity index (χ3n) is 0.306. The summed E-state index contributed by atoms with van der Waals surface area (Å²) in [5.74, 6) is 0. The predicted molar refractivity (Wildman–Crippen MR) is 20.1 cm³/mol. The second-order valence-corrected chi connectivity index (χ2v) is 1.04. The molecule has 0 radical (unpaired) electrons. The highest BCUT2D eigenvalue weighted by Crippen LogP contribution is 2.00. The minimum atomic E-state index is 0.204. The Balaban J connectivity index is 2.61. The summed E-state index contributed by atoms with van der Waals surface area (Å²) in [5, 5.41) is 6.42. The van der Waals surface area contributed by atoms with Crippen LogP contribution in [0.3, 0.4) is 0 Å². The van der Waals surface area contributed by atoms with E-state index in [4.69, 9.17) is 0 Å². The van der Waals surface area contributed by atoms with E-state index in [1.807, 2.05) is 0 Å². The van der Waals surface area contributed by atoms with Gasteiger partial charge in [-0.1, -0.05) is 0 Å². The van der Waals surface area contributed by atoms with Gasteiger partial charge in [0, 0.05) is 0 Å². The van der Waals surface area contributed by atoms with Gasteiger partial charge in [0.1, 0.15) is 0 Å². The Morgan fingerprint density at radius 3 is 2.83 bits per heavy atom. The van der Waals surface area contributed by atoms with Gasteiger partial charge in [-0.3, -0.25) is 0 Å². The van der Waals surface area contributed by atoms with Gasteiger partial charge in [0.2, 0.25) is 0 Å². The van der Waals surface area contributed by atoms with Crippen LogP contribution in [0.1, 0.15) is 0 Å². The van der Waals surface area contributed by atoms with E-state index in [0.29, 0.717) is 0 Å². The van der Waals surface area contributed by atoms with Gasteiger partial charge in [0.05, 0.1) is 5.28 Å². The summed E-state index contributed by atoms with van der Waals surface area (Å²) in [5.41, 5.74) is 0. The Labute approximate surface area is 40.1 Å². The fraction of sp³-hybridized carbons (Fsp3) is 0. The zero-order chi connectivity index (χ0) is 4.41. The highest BCUT2D eigenvalue weighted by atomic mass is 32.1. The largest absolute Gasteiger partial charge is 0.677 e. The average Bonchev–Trinajstić information content (AvgIpc) is 1.86. The van der Waals surface area contributed by atoms with Crippen molar-refractivity contribution in [3.63, 3.8) is 0 Å². The molecule has 0 fully saturated rings. The Morgan fingerprint density at radius 1 is 1.83 bits per heavy atom. The van der Waals surface area contributed by atoms with E-state index in [2.05, 4.69) is 34.1 Å². The summed E-state index contributed by atoms with van der Waals surface area (Å²) >= 11 is 4.40. The molecule has 0 saturated heterocycles. The molecule has 0 bridgehead atoms. The van der Waals surface area contributed by atoms with Gasteiger partial charge < -0.3 is 17.5 Å². The number of rotatable bonds is 0. The van der Waals surface area contributed by atoms with Gasteiger partial charge in [0.25, 0.3) is 5.09 Å². The normalized spacial score (nSPS) is 15.7. The number of nitrogens with zero attached hydrogens (tertiary/aromatic N) is 2. The van der Waals surface area contributed by atoms with Crippen molar-refractivity contribution in [1.29, 1.82) is 0 Å². The van der Waals surface area contributed by atoms with Crippen LogP contribution in [0.4, 0.5) is 0 Å². The van der Waals surface area contributed by atoms with Crippen molar-refractivity contribution in [3.05, 3.63) is 11.3 Å². The predicted octanol–water partition coefficient (Wildman–Crippen LogP) is 0.533. The first kappa shape index (κ1) is 3.46. The minimum Gasteiger partial charge on any atom is -0.677 e. The van der Waals surface area contributed by atoms with Crippen molar-refractivity contribution >= 4 is 12.6 Å². The number of hydrogen-bond donors (Lipinski definition) is 0. The molecule has 0 saturated carbocycles. The van der Waals surface area contributed by atoms with E-state index >= 15 is 0 Å². The van der Waals surface area contributed by atoms with Crippen molar-refractivity contribution in [2.75, 3.05) is 0 Å². The molecular weight excluding hydrogens is 100 g/mol. The summed E-state index contributed by atoms with van der Waals surface area (Å²) in [6, 6.07) is 0. The molecule has 1 rings (SSSR count). The molecule has 1 aliphatic rings. The first-order valence-corrected chi connectivity index (χ1v) is 1.67. The second kappa shape index (κ2) is 1.16. The van der Waals surface area contributed by atoms with Crippen LogP contribution in [0.5, 0.6) is 0 Å². The lowest BCUT2D eigenvalue weighted by Gasteiger charge is -1.82. The smallest absolute Gasteiger partial charge is 0.446 e. The standard InChI is InChI=1S/C2N2OS/c6-2-1-3-4-5-2. The molecule has 0 aromatic carbocycles. The molecule has 30 valence electrons. The zero-order valence-corrected chi connectivity index (χ0v) is 3.53. The van der Waals surface area contributed by atoms with E-state index in [1.165, 1.54) is 0 Å². The summed E-state index contributed by atoms with van der Waals surface area (Å²) in [6.45, 7) is 0. The molecule has 0 N–H and O–H groups in total. The Morgan fingerprint density at radius 2 is 2.67 bits per heavy atom. The highest BCUT2D eigenvalue weighted by molar-refractivity contribution is 7.63. The maximum absolute atomic E-state index is 4.40. The van der Waals surface area contributed by atoms with Crippen molar-refractivity contribution in [3.8, 4) is 0 Å². The molecule has 4 heteroatoms. The monoisotopic (exact) mass is 100.0 g/mol. The quantitative estimate of drug-likeness (QED) is 0.328. The molecule has 1 heterocycles. The Bertz CT molecular complexity index is 108. The van der Waals surface area contributed by atoms with Crippen LogP contribution >= 0.6 is 0 Å².